The smallest absolute Gasteiger partial charge is 0.429 e. The number of benzene rings is 2. The Morgan fingerprint density at radius 2 is 1.23 bits per heavy atom. The third-order valence-electron chi connectivity index (χ3n) is 4.86. The van der Waals surface area contributed by atoms with Crippen molar-refractivity contribution in [2.75, 3.05) is 0 Å². The largest absolute Gasteiger partial charge is 0.508 e. The summed E-state index contributed by atoms with van der Waals surface area (Å²) in [4.78, 5) is 16.2. The summed E-state index contributed by atoms with van der Waals surface area (Å²) in [7, 11) is 0. The fourth-order valence-corrected chi connectivity index (χ4v) is 3.27. The van der Waals surface area contributed by atoms with E-state index in [2.05, 4.69) is 9.55 Å². The molecule has 4 aromatic rings. The van der Waals surface area contributed by atoms with Crippen LogP contribution in [0.2, 0.25) is 0 Å². The molecule has 0 N–H and O–H groups in total. The van der Waals surface area contributed by atoms with E-state index in [0.717, 1.165) is 28.8 Å². The quantitative estimate of drug-likeness (QED) is 0.404. The first-order valence-electron chi connectivity index (χ1n) is 9.77. The van der Waals surface area contributed by atoms with Crippen LogP contribution in [0.4, 0.5) is 4.79 Å². The van der Waals surface area contributed by atoms with E-state index in [1.807, 2.05) is 83.8 Å². The van der Waals surface area contributed by atoms with Gasteiger partial charge in [0.15, 0.2) is 0 Å². The Hall–Kier alpha value is -3.80. The van der Waals surface area contributed by atoms with Crippen LogP contribution < -0.4 is 0 Å². The molecule has 6 heteroatoms. The van der Waals surface area contributed by atoms with Gasteiger partial charge in [0.2, 0.25) is 0 Å². The number of carbonyl (C=O) groups excluding carboxylic acids is 1. The summed E-state index contributed by atoms with van der Waals surface area (Å²) < 4.78 is 14.8. The van der Waals surface area contributed by atoms with Crippen LogP contribution in [0.15, 0.2) is 91.8 Å². The predicted molar refractivity (Wildman–Crippen MR) is 113 cm³/mol. The van der Waals surface area contributed by atoms with Crippen LogP contribution in [-0.2, 0) is 35.8 Å². The highest BCUT2D eigenvalue weighted by Crippen LogP contribution is 2.15. The highest BCUT2D eigenvalue weighted by atomic mass is 16.7. The normalized spacial score (nSPS) is 10.7. The third-order valence-corrected chi connectivity index (χ3v) is 4.86. The van der Waals surface area contributed by atoms with Gasteiger partial charge in [-0.25, -0.2) is 9.78 Å². The van der Waals surface area contributed by atoms with Crippen LogP contribution in [0.25, 0.3) is 0 Å². The Kier molecular flexibility index (Phi) is 6.25. The summed E-state index contributed by atoms with van der Waals surface area (Å²) >= 11 is 0. The first-order valence-corrected chi connectivity index (χ1v) is 9.77. The van der Waals surface area contributed by atoms with Gasteiger partial charge in [-0.1, -0.05) is 48.5 Å². The van der Waals surface area contributed by atoms with Crippen molar-refractivity contribution in [2.24, 2.45) is 0 Å². The maximum Gasteiger partial charge on any atom is 0.508 e. The van der Waals surface area contributed by atoms with Crippen LogP contribution in [0.1, 0.15) is 22.3 Å². The van der Waals surface area contributed by atoms with Gasteiger partial charge in [0.25, 0.3) is 0 Å². The fourth-order valence-electron chi connectivity index (χ4n) is 3.27. The minimum absolute atomic E-state index is 0.161. The van der Waals surface area contributed by atoms with E-state index in [9.17, 15) is 4.79 Å². The maximum absolute atomic E-state index is 12.2. The van der Waals surface area contributed by atoms with Gasteiger partial charge in [-0.3, -0.25) is 0 Å². The zero-order chi connectivity index (χ0) is 20.6. The van der Waals surface area contributed by atoms with Crippen molar-refractivity contribution < 1.29 is 14.3 Å². The van der Waals surface area contributed by atoms with Crippen LogP contribution in [0.5, 0.6) is 0 Å². The lowest BCUT2D eigenvalue weighted by atomic mass is 10.1. The van der Waals surface area contributed by atoms with Crippen LogP contribution in [-0.4, -0.2) is 20.3 Å². The van der Waals surface area contributed by atoms with Gasteiger partial charge < -0.3 is 18.6 Å². The first-order chi connectivity index (χ1) is 14.8. The fraction of sp³-hybridized carbons (Fsp3) is 0.167. The minimum Gasteiger partial charge on any atom is -0.429 e. The number of hydrogen-bond acceptors (Lipinski definition) is 4. The van der Waals surface area contributed by atoms with Crippen LogP contribution in [0.3, 0.4) is 0 Å². The van der Waals surface area contributed by atoms with Gasteiger partial charge in [0.05, 0.1) is 6.33 Å². The highest BCUT2D eigenvalue weighted by molar-refractivity contribution is 5.60. The standard InChI is InChI=1S/C24H23N3O3/c28-24(29-17-22-9-3-1-7-20(22)15-26-12-5-6-13-26)30-18-23-10-4-2-8-21(23)16-27-14-11-25-19-27/h1-14,19H,15-18H2. The van der Waals surface area contributed by atoms with Gasteiger partial charge in [0, 0.05) is 37.9 Å². The lowest BCUT2D eigenvalue weighted by Gasteiger charge is -2.13. The molecule has 0 unspecified atom stereocenters. The molecule has 0 radical (unpaired) electrons. The minimum atomic E-state index is -0.678. The molecule has 0 atom stereocenters. The second-order valence-electron chi connectivity index (χ2n) is 6.96. The Labute approximate surface area is 175 Å². The summed E-state index contributed by atoms with van der Waals surface area (Å²) in [5.74, 6) is 0. The molecule has 0 saturated heterocycles. The van der Waals surface area contributed by atoms with Crippen molar-refractivity contribution in [1.82, 2.24) is 14.1 Å². The zero-order valence-electron chi connectivity index (χ0n) is 16.6. The van der Waals surface area contributed by atoms with Gasteiger partial charge in [-0.2, -0.15) is 0 Å². The molecule has 2 aromatic heterocycles. The number of nitrogens with zero attached hydrogens (tertiary/aromatic N) is 3. The number of carbonyl (C=O) groups is 1. The van der Waals surface area contributed by atoms with Crippen molar-refractivity contribution in [1.29, 1.82) is 0 Å². The van der Waals surface area contributed by atoms with Crippen LogP contribution >= 0.6 is 0 Å². The molecule has 6 nitrogen and oxygen atoms in total. The van der Waals surface area contributed by atoms with E-state index < -0.39 is 6.16 Å². The molecule has 0 spiro atoms. The Bertz CT molecular complexity index is 987. The van der Waals surface area contributed by atoms with Gasteiger partial charge in [-0.15, -0.1) is 0 Å². The molecule has 0 aliphatic rings. The van der Waals surface area contributed by atoms with Crippen LogP contribution in [0, 0.1) is 0 Å². The average molecular weight is 401 g/mol. The second-order valence-corrected chi connectivity index (χ2v) is 6.96. The van der Waals surface area contributed by atoms with Gasteiger partial charge in [0.1, 0.15) is 13.2 Å². The molecule has 30 heavy (non-hydrogen) atoms. The molecule has 0 saturated carbocycles. The van der Waals surface area contributed by atoms with Crippen molar-refractivity contribution in [2.45, 2.75) is 26.3 Å². The Morgan fingerprint density at radius 1 is 0.700 bits per heavy atom. The van der Waals surface area contributed by atoms with Crippen molar-refractivity contribution in [3.63, 3.8) is 0 Å². The number of ether oxygens (including phenoxy) is 2. The van der Waals surface area contributed by atoms with Gasteiger partial charge >= 0.3 is 6.16 Å². The van der Waals surface area contributed by atoms with E-state index >= 15 is 0 Å². The maximum atomic E-state index is 12.2. The summed E-state index contributed by atoms with van der Waals surface area (Å²) in [6.07, 6.45) is 8.74. The molecular weight excluding hydrogens is 378 g/mol. The predicted octanol–water partition coefficient (Wildman–Crippen LogP) is 4.63. The van der Waals surface area contributed by atoms with Gasteiger partial charge in [-0.05, 0) is 34.4 Å². The zero-order valence-corrected chi connectivity index (χ0v) is 16.6. The average Bonchev–Trinajstić information content (AvgIpc) is 3.47. The Balaban J connectivity index is 1.32. The molecule has 4 rings (SSSR count). The number of aromatic nitrogens is 3. The van der Waals surface area contributed by atoms with E-state index in [1.54, 1.807) is 12.5 Å². The lowest BCUT2D eigenvalue weighted by molar-refractivity contribution is 0.0443. The number of rotatable bonds is 8. The SMILES string of the molecule is O=C(OCc1ccccc1Cn1cccc1)OCc1ccccc1Cn1ccnc1. The summed E-state index contributed by atoms with van der Waals surface area (Å²) in [6, 6.07) is 19.8. The monoisotopic (exact) mass is 401 g/mol. The molecule has 2 aromatic carbocycles. The summed E-state index contributed by atoms with van der Waals surface area (Å²) in [5, 5.41) is 0. The van der Waals surface area contributed by atoms with E-state index in [1.165, 1.54) is 0 Å². The van der Waals surface area contributed by atoms with Crippen molar-refractivity contribution >= 4 is 6.16 Å². The lowest BCUT2D eigenvalue weighted by Crippen LogP contribution is -2.10. The second kappa shape index (κ2) is 9.60. The van der Waals surface area contributed by atoms with E-state index in [4.69, 9.17) is 9.47 Å². The topological polar surface area (TPSA) is 58.3 Å². The number of hydrogen-bond donors (Lipinski definition) is 0. The Morgan fingerprint density at radius 3 is 1.77 bits per heavy atom. The van der Waals surface area contributed by atoms with Crippen molar-refractivity contribution in [3.8, 4) is 0 Å². The van der Waals surface area contributed by atoms with E-state index in [-0.39, 0.29) is 13.2 Å². The summed E-state index contributed by atoms with van der Waals surface area (Å²) in [6.45, 7) is 1.73. The van der Waals surface area contributed by atoms with Crippen molar-refractivity contribution in [3.05, 3.63) is 114 Å². The molecule has 0 amide bonds. The first kappa shape index (κ1) is 19.5. The molecule has 0 aliphatic heterocycles. The molecule has 0 aliphatic carbocycles. The summed E-state index contributed by atoms with van der Waals surface area (Å²) in [5.41, 5.74) is 4.08. The third kappa shape index (κ3) is 5.17. The molecular formula is C24H23N3O3. The highest BCUT2D eigenvalue weighted by Gasteiger charge is 2.10. The number of imidazole rings is 1. The molecule has 0 bridgehead atoms. The molecule has 0 fully saturated rings. The molecule has 152 valence electrons. The van der Waals surface area contributed by atoms with E-state index in [0.29, 0.717) is 6.54 Å². The molecule has 2 heterocycles.